The van der Waals surface area contributed by atoms with Crippen molar-refractivity contribution >= 4 is 17.2 Å². The van der Waals surface area contributed by atoms with E-state index in [4.69, 9.17) is 12.2 Å². The number of nitrogens with one attached hydrogen (secondary N) is 1. The number of benzene rings is 1. The summed E-state index contributed by atoms with van der Waals surface area (Å²) in [5, 5.41) is 3.24. The fourth-order valence-electron chi connectivity index (χ4n) is 1.24. The summed E-state index contributed by atoms with van der Waals surface area (Å²) in [5.74, 6) is 0. The molecule has 0 radical (unpaired) electrons. The molecular formula is C12H15NS. The van der Waals surface area contributed by atoms with Crippen molar-refractivity contribution in [2.45, 2.75) is 19.9 Å². The lowest BCUT2D eigenvalue weighted by molar-refractivity contribution is 0.725. The fourth-order valence-corrected chi connectivity index (χ4v) is 1.55. The molecule has 0 aliphatic heterocycles. The Morgan fingerprint density at radius 2 is 2.00 bits per heavy atom. The molecule has 0 spiro atoms. The van der Waals surface area contributed by atoms with Crippen LogP contribution in [0.5, 0.6) is 0 Å². The molecule has 0 heterocycles. The molecule has 14 heavy (non-hydrogen) atoms. The number of allylic oxidation sites excluding steroid dienone is 1. The molecule has 0 aliphatic rings. The van der Waals surface area contributed by atoms with E-state index in [0.29, 0.717) is 0 Å². The number of thiocarbonyl (C=S) groups is 1. The van der Waals surface area contributed by atoms with Crippen LogP contribution in [-0.2, 0) is 0 Å². The maximum atomic E-state index is 5.13. The van der Waals surface area contributed by atoms with Gasteiger partial charge in [-0.1, -0.05) is 48.6 Å². The highest BCUT2D eigenvalue weighted by molar-refractivity contribution is 7.80. The van der Waals surface area contributed by atoms with Crippen LogP contribution in [0.15, 0.2) is 42.5 Å². The van der Waals surface area contributed by atoms with Crippen molar-refractivity contribution in [3.8, 4) is 0 Å². The van der Waals surface area contributed by atoms with Crippen molar-refractivity contribution in [2.24, 2.45) is 0 Å². The Kier molecular flexibility index (Phi) is 4.33. The Bertz CT molecular complexity index is 316. The van der Waals surface area contributed by atoms with Gasteiger partial charge in [-0.25, -0.2) is 0 Å². The molecule has 74 valence electrons. The molecule has 1 N–H and O–H groups in total. The van der Waals surface area contributed by atoms with Gasteiger partial charge in [0.05, 0.1) is 4.99 Å². The highest BCUT2D eigenvalue weighted by Crippen LogP contribution is 2.10. The molecule has 1 rings (SSSR count). The fraction of sp³-hybridized carbons (Fsp3) is 0.250. The molecular weight excluding hydrogens is 190 g/mol. The second-order valence-corrected chi connectivity index (χ2v) is 3.58. The monoisotopic (exact) mass is 205 g/mol. The Morgan fingerprint density at radius 3 is 2.57 bits per heavy atom. The van der Waals surface area contributed by atoms with Crippen LogP contribution in [0.2, 0.25) is 0 Å². The first kappa shape index (κ1) is 10.9. The second-order valence-electron chi connectivity index (χ2n) is 3.14. The van der Waals surface area contributed by atoms with E-state index in [-0.39, 0.29) is 6.04 Å². The van der Waals surface area contributed by atoms with Crippen molar-refractivity contribution in [3.63, 3.8) is 0 Å². The first-order valence-electron chi connectivity index (χ1n) is 4.72. The van der Waals surface area contributed by atoms with Crippen LogP contribution in [0, 0.1) is 0 Å². The average Bonchev–Trinajstić information content (AvgIpc) is 2.19. The molecule has 0 amide bonds. The largest absolute Gasteiger partial charge is 0.370 e. The summed E-state index contributed by atoms with van der Waals surface area (Å²) in [7, 11) is 0. The van der Waals surface area contributed by atoms with E-state index < -0.39 is 0 Å². The lowest BCUT2D eigenvalue weighted by Gasteiger charge is -2.14. The zero-order valence-electron chi connectivity index (χ0n) is 8.53. The Morgan fingerprint density at radius 1 is 1.36 bits per heavy atom. The Labute approximate surface area is 90.8 Å². The molecule has 0 saturated heterocycles. The molecule has 0 saturated carbocycles. The zero-order chi connectivity index (χ0) is 10.4. The maximum absolute atomic E-state index is 5.13. The Hall–Kier alpha value is -1.15. The minimum atomic E-state index is 0.264. The Balaban J connectivity index is 2.59. The van der Waals surface area contributed by atoms with Crippen LogP contribution in [-0.4, -0.2) is 4.99 Å². The second kappa shape index (κ2) is 5.55. The molecule has 1 nitrogen and oxygen atoms in total. The molecule has 0 bridgehead atoms. The van der Waals surface area contributed by atoms with E-state index in [2.05, 4.69) is 24.4 Å². The lowest BCUT2D eigenvalue weighted by atomic mass is 10.1. The molecule has 2 heteroatoms. The number of hydrogen-bond acceptors (Lipinski definition) is 1. The molecule has 0 unspecified atom stereocenters. The first-order valence-corrected chi connectivity index (χ1v) is 5.13. The highest BCUT2D eigenvalue weighted by atomic mass is 32.1. The molecule has 0 aromatic heterocycles. The summed E-state index contributed by atoms with van der Waals surface area (Å²) in [6.07, 6.45) is 3.84. The van der Waals surface area contributed by atoms with Crippen molar-refractivity contribution in [3.05, 3.63) is 48.0 Å². The number of hydrogen-bond donors (Lipinski definition) is 1. The minimum absolute atomic E-state index is 0.264. The van der Waals surface area contributed by atoms with Gasteiger partial charge in [0.15, 0.2) is 0 Å². The summed E-state index contributed by atoms with van der Waals surface area (Å²) in [6.45, 7) is 4.06. The van der Waals surface area contributed by atoms with Crippen LogP contribution in [0.1, 0.15) is 25.5 Å². The van der Waals surface area contributed by atoms with Gasteiger partial charge in [-0.15, -0.1) is 0 Å². The topological polar surface area (TPSA) is 12.0 Å². The van der Waals surface area contributed by atoms with E-state index in [1.165, 1.54) is 5.56 Å². The van der Waals surface area contributed by atoms with E-state index >= 15 is 0 Å². The van der Waals surface area contributed by atoms with Crippen molar-refractivity contribution < 1.29 is 0 Å². The molecule has 0 aliphatic carbocycles. The molecule has 0 fully saturated rings. The van der Waals surface area contributed by atoms with E-state index in [0.717, 1.165) is 4.99 Å². The third kappa shape index (κ3) is 3.30. The van der Waals surface area contributed by atoms with Gasteiger partial charge in [-0.3, -0.25) is 0 Å². The van der Waals surface area contributed by atoms with Gasteiger partial charge >= 0.3 is 0 Å². The standard InChI is InChI=1S/C12H15NS/c1-3-7-12(14)13-10(2)11-8-5-4-6-9-11/h3-10H,1-2H3,(H,13,14)/b7-3+/t10-/m1/s1. The lowest BCUT2D eigenvalue weighted by Crippen LogP contribution is -2.22. The van der Waals surface area contributed by atoms with Crippen molar-refractivity contribution in [1.82, 2.24) is 5.32 Å². The summed E-state index contributed by atoms with van der Waals surface area (Å²) in [6, 6.07) is 10.5. The summed E-state index contributed by atoms with van der Waals surface area (Å²) in [4.78, 5) is 0.781. The first-order chi connectivity index (χ1) is 6.74. The van der Waals surface area contributed by atoms with E-state index in [1.807, 2.05) is 37.3 Å². The molecule has 1 aromatic rings. The van der Waals surface area contributed by atoms with Gasteiger partial charge in [0.1, 0.15) is 0 Å². The van der Waals surface area contributed by atoms with Gasteiger partial charge < -0.3 is 5.32 Å². The zero-order valence-corrected chi connectivity index (χ0v) is 9.34. The highest BCUT2D eigenvalue weighted by Gasteiger charge is 2.03. The normalized spacial score (nSPS) is 12.7. The maximum Gasteiger partial charge on any atom is 0.0989 e. The van der Waals surface area contributed by atoms with E-state index in [1.54, 1.807) is 0 Å². The quantitative estimate of drug-likeness (QED) is 0.600. The van der Waals surface area contributed by atoms with Crippen molar-refractivity contribution in [2.75, 3.05) is 0 Å². The van der Waals surface area contributed by atoms with Gasteiger partial charge in [-0.05, 0) is 25.5 Å². The van der Waals surface area contributed by atoms with Crippen LogP contribution in [0.3, 0.4) is 0 Å². The van der Waals surface area contributed by atoms with Gasteiger partial charge in [0, 0.05) is 6.04 Å². The minimum Gasteiger partial charge on any atom is -0.370 e. The predicted molar refractivity (Wildman–Crippen MR) is 65.4 cm³/mol. The smallest absolute Gasteiger partial charge is 0.0989 e. The van der Waals surface area contributed by atoms with Crippen LogP contribution < -0.4 is 5.32 Å². The average molecular weight is 205 g/mol. The van der Waals surface area contributed by atoms with Gasteiger partial charge in [0.2, 0.25) is 0 Å². The van der Waals surface area contributed by atoms with Crippen molar-refractivity contribution in [1.29, 1.82) is 0 Å². The van der Waals surface area contributed by atoms with Crippen LogP contribution in [0.4, 0.5) is 0 Å². The summed E-state index contributed by atoms with van der Waals surface area (Å²) >= 11 is 5.13. The van der Waals surface area contributed by atoms with E-state index in [9.17, 15) is 0 Å². The molecule has 1 atom stereocenters. The van der Waals surface area contributed by atoms with Crippen LogP contribution in [0.25, 0.3) is 0 Å². The third-order valence-corrected chi connectivity index (χ3v) is 2.23. The third-order valence-electron chi connectivity index (χ3n) is 1.98. The molecule has 1 aromatic carbocycles. The summed E-state index contributed by atoms with van der Waals surface area (Å²) in [5.41, 5.74) is 1.25. The van der Waals surface area contributed by atoms with Gasteiger partial charge in [-0.2, -0.15) is 0 Å². The van der Waals surface area contributed by atoms with Crippen LogP contribution >= 0.6 is 12.2 Å². The predicted octanol–water partition coefficient (Wildman–Crippen LogP) is 3.24. The summed E-state index contributed by atoms with van der Waals surface area (Å²) < 4.78 is 0. The SMILES string of the molecule is C/C=C/C(=S)N[C@H](C)c1ccccc1. The van der Waals surface area contributed by atoms with Gasteiger partial charge in [0.25, 0.3) is 0 Å². The number of rotatable bonds is 3.